The van der Waals surface area contributed by atoms with E-state index in [9.17, 15) is 14.0 Å². The number of carbonyl (C=O) groups is 2. The van der Waals surface area contributed by atoms with Crippen LogP contribution in [-0.4, -0.2) is 30.3 Å². The fourth-order valence-corrected chi connectivity index (χ4v) is 4.21. The van der Waals surface area contributed by atoms with Gasteiger partial charge in [0, 0.05) is 22.8 Å². The summed E-state index contributed by atoms with van der Waals surface area (Å²) in [5, 5.41) is 3.32. The van der Waals surface area contributed by atoms with E-state index in [0.717, 1.165) is 21.5 Å². The minimum absolute atomic E-state index is 0.0810. The lowest BCUT2D eigenvalue weighted by Crippen LogP contribution is -2.35. The van der Waals surface area contributed by atoms with Crippen LogP contribution < -0.4 is 5.32 Å². The highest BCUT2D eigenvalue weighted by molar-refractivity contribution is 7.21. The summed E-state index contributed by atoms with van der Waals surface area (Å²) < 4.78 is 14.8. The molecule has 1 N–H and O–H groups in total. The minimum Gasteiger partial charge on any atom is -0.332 e. The van der Waals surface area contributed by atoms with E-state index in [0.29, 0.717) is 15.8 Å². The lowest BCUT2D eigenvalue weighted by atomic mass is 10.1. The maximum Gasteiger partial charge on any atom is 0.264 e. The van der Waals surface area contributed by atoms with E-state index in [-0.39, 0.29) is 24.2 Å². The molecular formula is C21H21FN2O2S. The zero-order valence-corrected chi connectivity index (χ0v) is 16.5. The lowest BCUT2D eigenvalue weighted by Gasteiger charge is -2.17. The van der Waals surface area contributed by atoms with E-state index in [1.165, 1.54) is 22.3 Å². The predicted molar refractivity (Wildman–Crippen MR) is 108 cm³/mol. The van der Waals surface area contributed by atoms with Gasteiger partial charge in [0.15, 0.2) is 0 Å². The molecule has 27 heavy (non-hydrogen) atoms. The summed E-state index contributed by atoms with van der Waals surface area (Å²) >= 11 is 1.25. The van der Waals surface area contributed by atoms with Crippen molar-refractivity contribution in [2.75, 3.05) is 18.9 Å². The number of hydrogen-bond acceptors (Lipinski definition) is 3. The van der Waals surface area contributed by atoms with Crippen molar-refractivity contribution in [2.24, 2.45) is 0 Å². The standard InChI is InChI=1S/C21H21FN2O2S/c1-12-7-5-9-16(13(12)2)23-18(25)11-24(4)21(26)20-14(3)19-15(22)8-6-10-17(19)27-20/h5-10H,11H2,1-4H3,(H,23,25). The number of nitrogens with one attached hydrogen (secondary N) is 1. The molecule has 4 nitrogen and oxygen atoms in total. The summed E-state index contributed by atoms with van der Waals surface area (Å²) in [6, 6.07) is 10.5. The van der Waals surface area contributed by atoms with E-state index in [4.69, 9.17) is 0 Å². The Balaban J connectivity index is 1.76. The molecular weight excluding hydrogens is 363 g/mol. The number of thiophene rings is 1. The Morgan fingerprint density at radius 2 is 1.78 bits per heavy atom. The molecule has 0 saturated heterocycles. The van der Waals surface area contributed by atoms with Crippen LogP contribution >= 0.6 is 11.3 Å². The number of anilines is 1. The highest BCUT2D eigenvalue weighted by atomic mass is 32.1. The van der Waals surface area contributed by atoms with Crippen LogP contribution in [0.1, 0.15) is 26.4 Å². The zero-order valence-electron chi connectivity index (χ0n) is 15.7. The van der Waals surface area contributed by atoms with Crippen LogP contribution in [-0.2, 0) is 4.79 Å². The average molecular weight is 384 g/mol. The first-order chi connectivity index (χ1) is 12.8. The molecule has 0 aliphatic heterocycles. The topological polar surface area (TPSA) is 49.4 Å². The Morgan fingerprint density at radius 3 is 2.48 bits per heavy atom. The summed E-state index contributed by atoms with van der Waals surface area (Å²) in [5.41, 5.74) is 3.43. The zero-order chi connectivity index (χ0) is 19.7. The van der Waals surface area contributed by atoms with Crippen molar-refractivity contribution in [1.82, 2.24) is 4.90 Å². The smallest absolute Gasteiger partial charge is 0.264 e. The molecule has 0 aliphatic carbocycles. The van der Waals surface area contributed by atoms with Crippen LogP contribution in [0.3, 0.4) is 0 Å². The second-order valence-corrected chi connectivity index (χ2v) is 7.68. The van der Waals surface area contributed by atoms with E-state index in [2.05, 4.69) is 5.32 Å². The van der Waals surface area contributed by atoms with Gasteiger partial charge in [0.2, 0.25) is 5.91 Å². The Bertz CT molecular complexity index is 1040. The second kappa shape index (κ2) is 7.48. The van der Waals surface area contributed by atoms with Gasteiger partial charge in [0.25, 0.3) is 5.91 Å². The van der Waals surface area contributed by atoms with Gasteiger partial charge in [-0.05, 0) is 55.7 Å². The fraction of sp³-hybridized carbons (Fsp3) is 0.238. The van der Waals surface area contributed by atoms with Crippen molar-refractivity contribution in [2.45, 2.75) is 20.8 Å². The van der Waals surface area contributed by atoms with Gasteiger partial charge in [-0.2, -0.15) is 0 Å². The molecule has 0 bridgehead atoms. The second-order valence-electron chi connectivity index (χ2n) is 6.63. The number of likely N-dealkylation sites (N-methyl/N-ethyl adjacent to an activating group) is 1. The quantitative estimate of drug-likeness (QED) is 0.710. The fourth-order valence-electron chi connectivity index (χ4n) is 2.99. The van der Waals surface area contributed by atoms with Gasteiger partial charge in [-0.1, -0.05) is 18.2 Å². The molecule has 1 aromatic heterocycles. The van der Waals surface area contributed by atoms with Crippen LogP contribution in [0.2, 0.25) is 0 Å². The summed E-state index contributed by atoms with van der Waals surface area (Å²) in [6.45, 7) is 5.57. The normalized spacial score (nSPS) is 10.9. The van der Waals surface area contributed by atoms with Gasteiger partial charge < -0.3 is 10.2 Å². The van der Waals surface area contributed by atoms with Gasteiger partial charge in [0.05, 0.1) is 11.4 Å². The molecule has 0 aliphatic rings. The Labute approximate surface area is 161 Å². The van der Waals surface area contributed by atoms with E-state index in [1.807, 2.05) is 32.0 Å². The van der Waals surface area contributed by atoms with Crippen molar-refractivity contribution < 1.29 is 14.0 Å². The molecule has 0 spiro atoms. The van der Waals surface area contributed by atoms with Crippen LogP contribution in [0, 0.1) is 26.6 Å². The molecule has 0 saturated carbocycles. The van der Waals surface area contributed by atoms with Gasteiger partial charge in [-0.3, -0.25) is 9.59 Å². The summed E-state index contributed by atoms with van der Waals surface area (Å²) in [6.07, 6.45) is 0. The third kappa shape index (κ3) is 3.71. The number of benzene rings is 2. The van der Waals surface area contributed by atoms with Crippen molar-refractivity contribution >= 4 is 38.9 Å². The number of carbonyl (C=O) groups excluding carboxylic acids is 2. The van der Waals surface area contributed by atoms with E-state index in [1.54, 1.807) is 26.1 Å². The van der Waals surface area contributed by atoms with Gasteiger partial charge in [-0.15, -0.1) is 11.3 Å². The number of aryl methyl sites for hydroxylation is 2. The molecule has 2 amide bonds. The molecule has 0 atom stereocenters. The Hall–Kier alpha value is -2.73. The number of halogens is 1. The molecule has 1 heterocycles. The first-order valence-corrected chi connectivity index (χ1v) is 9.40. The molecule has 140 valence electrons. The molecule has 3 aromatic rings. The number of amides is 2. The first kappa shape index (κ1) is 19.0. The number of nitrogens with zero attached hydrogens (tertiary/aromatic N) is 1. The lowest BCUT2D eigenvalue weighted by molar-refractivity contribution is -0.116. The molecule has 0 fully saturated rings. The SMILES string of the molecule is Cc1cccc(NC(=O)CN(C)C(=O)c2sc3cccc(F)c3c2C)c1C. The summed E-state index contributed by atoms with van der Waals surface area (Å²) in [7, 11) is 1.57. The van der Waals surface area contributed by atoms with Crippen LogP contribution in [0.25, 0.3) is 10.1 Å². The maximum atomic E-state index is 14.1. The Kier molecular flexibility index (Phi) is 5.28. The van der Waals surface area contributed by atoms with E-state index < -0.39 is 0 Å². The molecule has 3 rings (SSSR count). The minimum atomic E-state index is -0.337. The third-order valence-electron chi connectivity index (χ3n) is 4.70. The van der Waals surface area contributed by atoms with E-state index >= 15 is 0 Å². The monoisotopic (exact) mass is 384 g/mol. The number of fused-ring (bicyclic) bond motifs is 1. The number of rotatable bonds is 4. The average Bonchev–Trinajstić information content (AvgIpc) is 2.96. The van der Waals surface area contributed by atoms with Crippen LogP contribution in [0.5, 0.6) is 0 Å². The third-order valence-corrected chi connectivity index (χ3v) is 5.95. The highest BCUT2D eigenvalue weighted by Crippen LogP contribution is 2.33. The summed E-state index contributed by atoms with van der Waals surface area (Å²) in [4.78, 5) is 27.0. The van der Waals surface area contributed by atoms with Gasteiger partial charge >= 0.3 is 0 Å². The largest absolute Gasteiger partial charge is 0.332 e. The van der Waals surface area contributed by atoms with Crippen LogP contribution in [0.4, 0.5) is 10.1 Å². The van der Waals surface area contributed by atoms with Gasteiger partial charge in [0.1, 0.15) is 5.82 Å². The Morgan fingerprint density at radius 1 is 1.07 bits per heavy atom. The first-order valence-electron chi connectivity index (χ1n) is 8.58. The molecule has 6 heteroatoms. The maximum absolute atomic E-state index is 14.1. The van der Waals surface area contributed by atoms with Crippen molar-refractivity contribution in [3.63, 3.8) is 0 Å². The molecule has 2 aromatic carbocycles. The number of hydrogen-bond donors (Lipinski definition) is 1. The molecule has 0 unspecified atom stereocenters. The summed E-state index contributed by atoms with van der Waals surface area (Å²) in [5.74, 6) is -0.899. The van der Waals surface area contributed by atoms with Crippen molar-refractivity contribution in [1.29, 1.82) is 0 Å². The predicted octanol–water partition coefficient (Wildman–Crippen LogP) is 4.68. The van der Waals surface area contributed by atoms with Crippen LogP contribution in [0.15, 0.2) is 36.4 Å². The van der Waals surface area contributed by atoms with Crippen molar-refractivity contribution in [3.05, 3.63) is 63.8 Å². The van der Waals surface area contributed by atoms with Crippen molar-refractivity contribution in [3.8, 4) is 0 Å². The van der Waals surface area contributed by atoms with Gasteiger partial charge in [-0.25, -0.2) is 4.39 Å². The highest BCUT2D eigenvalue weighted by Gasteiger charge is 2.22. The molecule has 0 radical (unpaired) electrons.